The van der Waals surface area contributed by atoms with E-state index in [-0.39, 0.29) is 0 Å². The van der Waals surface area contributed by atoms with Gasteiger partial charge in [0.15, 0.2) is 0 Å². The first-order chi connectivity index (χ1) is 6.28. The van der Waals surface area contributed by atoms with E-state index >= 15 is 0 Å². The summed E-state index contributed by atoms with van der Waals surface area (Å²) in [5.74, 6) is 0. The van der Waals surface area contributed by atoms with Gasteiger partial charge in [0, 0.05) is 14.1 Å². The number of rotatable bonds is 2. The number of hydrogen-bond donors (Lipinski definition) is 0. The first-order valence-corrected chi connectivity index (χ1v) is 5.64. The molecule has 0 saturated heterocycles. The van der Waals surface area contributed by atoms with E-state index in [0.29, 0.717) is 5.69 Å². The van der Waals surface area contributed by atoms with Crippen LogP contribution in [-0.4, -0.2) is 36.0 Å². The molecular formula is C8H15N3O2S. The van der Waals surface area contributed by atoms with Gasteiger partial charge in [0.1, 0.15) is 0 Å². The highest BCUT2D eigenvalue weighted by Crippen LogP contribution is 2.13. The molecule has 0 bridgehead atoms. The van der Waals surface area contributed by atoms with Gasteiger partial charge in [-0.25, -0.2) is 0 Å². The van der Waals surface area contributed by atoms with Gasteiger partial charge < -0.3 is 0 Å². The molecule has 0 fully saturated rings. The topological polar surface area (TPSA) is 55.2 Å². The summed E-state index contributed by atoms with van der Waals surface area (Å²) in [6.07, 6.45) is 0. The predicted octanol–water partition coefficient (Wildman–Crippen LogP) is 0.463. The Balaban J connectivity index is 3.42. The second-order valence-corrected chi connectivity index (χ2v) is 5.40. The lowest BCUT2D eigenvalue weighted by atomic mass is 10.2. The second-order valence-electron chi connectivity index (χ2n) is 3.43. The fraction of sp³-hybridized carbons (Fsp3) is 0.625. The Kier molecular flexibility index (Phi) is 2.69. The molecule has 0 aliphatic heterocycles. The summed E-state index contributed by atoms with van der Waals surface area (Å²) >= 11 is 0. The van der Waals surface area contributed by atoms with Crippen molar-refractivity contribution in [3.8, 4) is 0 Å². The monoisotopic (exact) mass is 217 g/mol. The van der Waals surface area contributed by atoms with Crippen molar-refractivity contribution in [2.45, 2.75) is 20.8 Å². The minimum atomic E-state index is -3.47. The summed E-state index contributed by atoms with van der Waals surface area (Å²) in [6, 6.07) is 0. The quantitative estimate of drug-likeness (QED) is 0.723. The highest BCUT2D eigenvalue weighted by Gasteiger charge is 2.21. The van der Waals surface area contributed by atoms with Gasteiger partial charge in [-0.2, -0.15) is 17.8 Å². The van der Waals surface area contributed by atoms with Gasteiger partial charge in [0.2, 0.25) is 0 Å². The van der Waals surface area contributed by atoms with Gasteiger partial charge in [0.25, 0.3) is 0 Å². The molecule has 0 radical (unpaired) electrons. The number of aromatic nitrogens is 2. The minimum Gasteiger partial charge on any atom is -0.189 e. The summed E-state index contributed by atoms with van der Waals surface area (Å²) in [7, 11) is -0.496. The third-order valence-electron chi connectivity index (χ3n) is 2.29. The molecule has 1 aromatic heterocycles. The van der Waals surface area contributed by atoms with Crippen molar-refractivity contribution < 1.29 is 8.42 Å². The Labute approximate surface area is 84.5 Å². The molecule has 0 aliphatic rings. The zero-order chi connectivity index (χ0) is 11.1. The predicted molar refractivity (Wildman–Crippen MR) is 54.4 cm³/mol. The maximum Gasteiger partial charge on any atom is 0.322 e. The van der Waals surface area contributed by atoms with E-state index in [0.717, 1.165) is 19.6 Å². The van der Waals surface area contributed by atoms with E-state index < -0.39 is 10.2 Å². The van der Waals surface area contributed by atoms with Crippen LogP contribution in [0.25, 0.3) is 0 Å². The van der Waals surface area contributed by atoms with E-state index in [1.54, 1.807) is 13.8 Å². The Hall–Kier alpha value is -0.880. The van der Waals surface area contributed by atoms with Crippen LogP contribution in [0.15, 0.2) is 0 Å². The van der Waals surface area contributed by atoms with E-state index in [1.807, 2.05) is 6.92 Å². The van der Waals surface area contributed by atoms with Gasteiger partial charge >= 0.3 is 10.2 Å². The second kappa shape index (κ2) is 3.36. The van der Waals surface area contributed by atoms with Crippen LogP contribution in [0.2, 0.25) is 0 Å². The van der Waals surface area contributed by atoms with Crippen molar-refractivity contribution in [1.29, 1.82) is 0 Å². The van der Waals surface area contributed by atoms with Crippen LogP contribution in [0.3, 0.4) is 0 Å². The van der Waals surface area contributed by atoms with E-state index in [2.05, 4.69) is 5.10 Å². The van der Waals surface area contributed by atoms with E-state index in [9.17, 15) is 8.42 Å². The first kappa shape index (κ1) is 11.2. The zero-order valence-corrected chi connectivity index (χ0v) is 9.88. The normalized spacial score (nSPS) is 12.4. The van der Waals surface area contributed by atoms with Crippen LogP contribution in [0, 0.1) is 20.8 Å². The molecule has 1 aromatic rings. The van der Waals surface area contributed by atoms with Gasteiger partial charge in [-0.05, 0) is 26.3 Å². The minimum absolute atomic E-state index is 0.663. The summed E-state index contributed by atoms with van der Waals surface area (Å²) in [5, 5.41) is 3.99. The zero-order valence-electron chi connectivity index (χ0n) is 9.07. The van der Waals surface area contributed by atoms with Crippen molar-refractivity contribution in [2.24, 2.45) is 0 Å². The lowest BCUT2D eigenvalue weighted by molar-refractivity contribution is 0.502. The third-order valence-corrected chi connectivity index (χ3v) is 4.01. The van der Waals surface area contributed by atoms with Crippen molar-refractivity contribution in [1.82, 2.24) is 13.5 Å². The molecule has 6 heteroatoms. The summed E-state index contributed by atoms with van der Waals surface area (Å²) < 4.78 is 25.7. The Morgan fingerprint density at radius 2 is 1.71 bits per heavy atom. The van der Waals surface area contributed by atoms with Gasteiger partial charge in [-0.1, -0.05) is 0 Å². The molecule has 0 aliphatic carbocycles. The Bertz CT molecular complexity index is 445. The lowest BCUT2D eigenvalue weighted by Crippen LogP contribution is -2.30. The van der Waals surface area contributed by atoms with Crippen molar-refractivity contribution in [2.75, 3.05) is 14.1 Å². The highest BCUT2D eigenvalue weighted by molar-refractivity contribution is 7.87. The molecule has 80 valence electrons. The van der Waals surface area contributed by atoms with Gasteiger partial charge in [-0.15, -0.1) is 4.09 Å². The molecular weight excluding hydrogens is 202 g/mol. The van der Waals surface area contributed by atoms with Crippen molar-refractivity contribution in [3.05, 3.63) is 17.0 Å². The van der Waals surface area contributed by atoms with Crippen LogP contribution in [0.5, 0.6) is 0 Å². The molecule has 0 amide bonds. The van der Waals surface area contributed by atoms with Crippen LogP contribution in [0.1, 0.15) is 17.0 Å². The number of nitrogens with zero attached hydrogens (tertiary/aromatic N) is 3. The average Bonchev–Trinajstić information content (AvgIpc) is 2.33. The van der Waals surface area contributed by atoms with Gasteiger partial charge in [0.05, 0.1) is 11.4 Å². The van der Waals surface area contributed by atoms with Gasteiger partial charge in [-0.3, -0.25) is 0 Å². The Morgan fingerprint density at radius 3 is 2.00 bits per heavy atom. The van der Waals surface area contributed by atoms with Crippen LogP contribution in [0.4, 0.5) is 0 Å². The molecule has 0 N–H and O–H groups in total. The maximum atomic E-state index is 11.7. The number of aryl methyl sites for hydroxylation is 1. The van der Waals surface area contributed by atoms with Crippen LogP contribution in [-0.2, 0) is 10.2 Å². The highest BCUT2D eigenvalue weighted by atomic mass is 32.2. The average molecular weight is 217 g/mol. The molecule has 0 spiro atoms. The molecule has 0 atom stereocenters. The SMILES string of the molecule is Cc1nn(S(=O)(=O)N(C)C)c(C)c1C. The van der Waals surface area contributed by atoms with Crippen LogP contribution >= 0.6 is 0 Å². The lowest BCUT2D eigenvalue weighted by Gasteiger charge is -2.12. The summed E-state index contributed by atoms with van der Waals surface area (Å²) in [4.78, 5) is 0. The Morgan fingerprint density at radius 1 is 1.21 bits per heavy atom. The molecule has 1 rings (SSSR count). The molecule has 5 nitrogen and oxygen atoms in total. The standard InChI is InChI=1S/C8H15N3O2S/c1-6-7(2)9-11(8(6)3)14(12,13)10(4)5/h1-5H3. The fourth-order valence-corrected chi connectivity index (χ4v) is 2.09. The molecule has 1 heterocycles. The molecule has 0 saturated carbocycles. The largest absolute Gasteiger partial charge is 0.322 e. The molecule has 0 unspecified atom stereocenters. The first-order valence-electron chi connectivity index (χ1n) is 4.24. The molecule has 0 aromatic carbocycles. The van der Waals surface area contributed by atoms with E-state index in [1.165, 1.54) is 14.1 Å². The summed E-state index contributed by atoms with van der Waals surface area (Å²) in [6.45, 7) is 5.40. The van der Waals surface area contributed by atoms with Crippen molar-refractivity contribution in [3.63, 3.8) is 0 Å². The van der Waals surface area contributed by atoms with Crippen molar-refractivity contribution >= 4 is 10.2 Å². The molecule has 14 heavy (non-hydrogen) atoms. The maximum absolute atomic E-state index is 11.7. The van der Waals surface area contributed by atoms with Crippen LogP contribution < -0.4 is 0 Å². The fourth-order valence-electron chi connectivity index (χ4n) is 1.07. The third kappa shape index (κ3) is 1.55. The summed E-state index contributed by atoms with van der Waals surface area (Å²) in [5.41, 5.74) is 2.32. The smallest absolute Gasteiger partial charge is 0.189 e. The van der Waals surface area contributed by atoms with E-state index in [4.69, 9.17) is 0 Å². The number of hydrogen-bond acceptors (Lipinski definition) is 3.